The molecule has 1 aromatic rings. The van der Waals surface area contributed by atoms with Crippen molar-refractivity contribution in [2.24, 2.45) is 0 Å². The Morgan fingerprint density at radius 1 is 0.824 bits per heavy atom. The van der Waals surface area contributed by atoms with Gasteiger partial charge in [0.05, 0.1) is 0 Å². The summed E-state index contributed by atoms with van der Waals surface area (Å²) >= 11 is 0. The van der Waals surface area contributed by atoms with E-state index >= 15 is 0 Å². The molecule has 0 unspecified atom stereocenters. The molecule has 0 heterocycles. The number of hydrogen-bond donors (Lipinski definition) is 0. The molecule has 1 aromatic carbocycles. The molecule has 0 spiro atoms. The van der Waals surface area contributed by atoms with Crippen molar-refractivity contribution in [2.45, 2.75) is 51.4 Å². The van der Waals surface area contributed by atoms with E-state index in [1.807, 2.05) is 18.2 Å². The van der Waals surface area contributed by atoms with Crippen LogP contribution in [0.4, 0.5) is 0 Å². The van der Waals surface area contributed by atoms with Crippen LogP contribution in [-0.2, 0) is 0 Å². The molecule has 0 atom stereocenters. The van der Waals surface area contributed by atoms with Crippen LogP contribution in [0.1, 0.15) is 56.9 Å². The van der Waals surface area contributed by atoms with E-state index in [-0.39, 0.29) is 0 Å². The van der Waals surface area contributed by atoms with Gasteiger partial charge in [-0.25, -0.2) is 0 Å². The van der Waals surface area contributed by atoms with Crippen molar-refractivity contribution in [1.29, 1.82) is 0 Å². The Kier molecular flexibility index (Phi) is 8.12. The molecule has 0 aromatic heterocycles. The fraction of sp³-hybridized carbons (Fsp3) is 0.471. The summed E-state index contributed by atoms with van der Waals surface area (Å²) in [6.07, 6.45) is 10.0. The van der Waals surface area contributed by atoms with E-state index in [4.69, 9.17) is 0 Å². The molecule has 1 rings (SSSR count). The lowest BCUT2D eigenvalue weighted by Gasteiger charge is -1.97. The molecule has 91 valence electrons. The average molecular weight is 227 g/mol. The molecule has 0 fully saturated rings. The first kappa shape index (κ1) is 13.8. The molecule has 0 amide bonds. The van der Waals surface area contributed by atoms with Gasteiger partial charge < -0.3 is 0 Å². The van der Waals surface area contributed by atoms with Crippen LogP contribution in [0.2, 0.25) is 0 Å². The quantitative estimate of drug-likeness (QED) is 0.454. The van der Waals surface area contributed by atoms with Gasteiger partial charge in [0.15, 0.2) is 0 Å². The highest BCUT2D eigenvalue weighted by Gasteiger charge is 1.89. The van der Waals surface area contributed by atoms with Gasteiger partial charge in [0.1, 0.15) is 0 Å². The predicted octanol–water partition coefficient (Wildman–Crippen LogP) is 4.99. The van der Waals surface area contributed by atoms with Crippen LogP contribution in [0, 0.1) is 18.8 Å². The zero-order chi connectivity index (χ0) is 12.2. The maximum absolute atomic E-state index is 3.85. The van der Waals surface area contributed by atoms with Crippen LogP contribution in [-0.4, -0.2) is 0 Å². The topological polar surface area (TPSA) is 0 Å². The largest absolute Gasteiger partial charge is 0.0979 e. The summed E-state index contributed by atoms with van der Waals surface area (Å²) in [5.41, 5.74) is 1.13. The standard InChI is InChI=1S/C17H23/c1-2-3-4-5-6-7-8-9-11-14-17-15-12-10-13-16-17/h10,12-13,15-16H,1-9H2. The predicted molar refractivity (Wildman–Crippen MR) is 75.6 cm³/mol. The van der Waals surface area contributed by atoms with Crippen LogP contribution < -0.4 is 0 Å². The molecule has 17 heavy (non-hydrogen) atoms. The minimum atomic E-state index is 1.03. The molecule has 0 heteroatoms. The average Bonchev–Trinajstić information content (AvgIpc) is 2.38. The van der Waals surface area contributed by atoms with E-state index < -0.39 is 0 Å². The third-order valence-corrected chi connectivity index (χ3v) is 2.81. The molecular formula is C17H23. The molecule has 0 saturated carbocycles. The zero-order valence-electron chi connectivity index (χ0n) is 10.8. The molecule has 0 aliphatic heterocycles. The van der Waals surface area contributed by atoms with Crippen LogP contribution in [0.15, 0.2) is 30.3 Å². The van der Waals surface area contributed by atoms with Gasteiger partial charge in [0.25, 0.3) is 0 Å². The summed E-state index contributed by atoms with van der Waals surface area (Å²) in [5.74, 6) is 6.44. The first-order valence-electron chi connectivity index (χ1n) is 6.76. The molecule has 0 nitrogen and oxygen atoms in total. The van der Waals surface area contributed by atoms with Gasteiger partial charge in [-0.05, 0) is 18.6 Å². The molecule has 0 N–H and O–H groups in total. The second-order valence-electron chi connectivity index (χ2n) is 4.39. The van der Waals surface area contributed by atoms with E-state index in [0.29, 0.717) is 0 Å². The first-order chi connectivity index (χ1) is 8.43. The first-order valence-corrected chi connectivity index (χ1v) is 6.76. The molecule has 1 radical (unpaired) electrons. The molecule has 0 aliphatic carbocycles. The minimum Gasteiger partial charge on any atom is -0.0979 e. The summed E-state index contributed by atoms with van der Waals surface area (Å²) in [5, 5.41) is 0. The fourth-order valence-electron chi connectivity index (χ4n) is 1.78. The van der Waals surface area contributed by atoms with Gasteiger partial charge in [0, 0.05) is 12.0 Å². The summed E-state index contributed by atoms with van der Waals surface area (Å²) in [4.78, 5) is 0. The number of unbranched alkanes of at least 4 members (excludes halogenated alkanes) is 7. The monoisotopic (exact) mass is 227 g/mol. The van der Waals surface area contributed by atoms with Gasteiger partial charge in [-0.3, -0.25) is 0 Å². The third kappa shape index (κ3) is 7.64. The second kappa shape index (κ2) is 9.97. The van der Waals surface area contributed by atoms with E-state index in [1.54, 1.807) is 0 Å². The Bertz CT molecular complexity index is 326. The highest BCUT2D eigenvalue weighted by atomic mass is 13.9. The van der Waals surface area contributed by atoms with Gasteiger partial charge in [0.2, 0.25) is 0 Å². The number of hydrogen-bond acceptors (Lipinski definition) is 0. The van der Waals surface area contributed by atoms with Crippen molar-refractivity contribution in [3.8, 4) is 11.8 Å². The van der Waals surface area contributed by atoms with E-state index in [1.165, 1.54) is 38.5 Å². The highest BCUT2D eigenvalue weighted by molar-refractivity contribution is 5.33. The lowest BCUT2D eigenvalue weighted by atomic mass is 10.1. The normalized spacial score (nSPS) is 9.71. The van der Waals surface area contributed by atoms with E-state index in [0.717, 1.165) is 18.4 Å². The zero-order valence-corrected chi connectivity index (χ0v) is 10.8. The number of rotatable bonds is 7. The van der Waals surface area contributed by atoms with Crippen molar-refractivity contribution in [1.82, 2.24) is 0 Å². The third-order valence-electron chi connectivity index (χ3n) is 2.81. The maximum atomic E-state index is 3.85. The lowest BCUT2D eigenvalue weighted by Crippen LogP contribution is -1.79. The number of benzene rings is 1. The van der Waals surface area contributed by atoms with Crippen LogP contribution in [0.25, 0.3) is 0 Å². The SMILES string of the molecule is [CH2]CCCCCCCCC#Cc1ccccc1. The molecular weight excluding hydrogens is 204 g/mol. The van der Waals surface area contributed by atoms with Crippen molar-refractivity contribution >= 4 is 0 Å². The van der Waals surface area contributed by atoms with Crippen molar-refractivity contribution in [2.75, 3.05) is 0 Å². The van der Waals surface area contributed by atoms with Crippen LogP contribution in [0.5, 0.6) is 0 Å². The van der Waals surface area contributed by atoms with Gasteiger partial charge in [-0.2, -0.15) is 0 Å². The van der Waals surface area contributed by atoms with Crippen molar-refractivity contribution in [3.63, 3.8) is 0 Å². The Labute approximate surface area is 106 Å². The van der Waals surface area contributed by atoms with Gasteiger partial charge in [-0.15, -0.1) is 0 Å². The Morgan fingerprint density at radius 3 is 2.18 bits per heavy atom. The Hall–Kier alpha value is -1.22. The second-order valence-corrected chi connectivity index (χ2v) is 4.39. The summed E-state index contributed by atoms with van der Waals surface area (Å²) in [6, 6.07) is 10.2. The minimum absolute atomic E-state index is 1.03. The van der Waals surface area contributed by atoms with Crippen LogP contribution >= 0.6 is 0 Å². The molecule has 0 aliphatic rings. The lowest BCUT2D eigenvalue weighted by molar-refractivity contribution is 0.601. The van der Waals surface area contributed by atoms with Gasteiger partial charge >= 0.3 is 0 Å². The summed E-state index contributed by atoms with van der Waals surface area (Å²) in [7, 11) is 0. The highest BCUT2D eigenvalue weighted by Crippen LogP contribution is 2.07. The Balaban J connectivity index is 1.99. The van der Waals surface area contributed by atoms with Crippen LogP contribution in [0.3, 0.4) is 0 Å². The van der Waals surface area contributed by atoms with E-state index in [9.17, 15) is 0 Å². The summed E-state index contributed by atoms with van der Waals surface area (Å²) in [6.45, 7) is 3.85. The van der Waals surface area contributed by atoms with Gasteiger partial charge in [-0.1, -0.05) is 75.5 Å². The molecule has 0 saturated heterocycles. The van der Waals surface area contributed by atoms with Crippen molar-refractivity contribution < 1.29 is 0 Å². The maximum Gasteiger partial charge on any atom is 0.0245 e. The fourth-order valence-corrected chi connectivity index (χ4v) is 1.78. The Morgan fingerprint density at radius 2 is 1.47 bits per heavy atom. The smallest absolute Gasteiger partial charge is 0.0245 e. The van der Waals surface area contributed by atoms with E-state index in [2.05, 4.69) is 30.9 Å². The van der Waals surface area contributed by atoms with Crippen molar-refractivity contribution in [3.05, 3.63) is 42.8 Å². The summed E-state index contributed by atoms with van der Waals surface area (Å²) < 4.78 is 0. The molecule has 0 bridgehead atoms.